The molecule has 1 aromatic carbocycles. The molecule has 1 aliphatic carbocycles. The van der Waals surface area contributed by atoms with E-state index in [0.717, 1.165) is 12.4 Å². The van der Waals surface area contributed by atoms with Gasteiger partial charge in [-0.3, -0.25) is 0 Å². The van der Waals surface area contributed by atoms with Crippen molar-refractivity contribution in [2.75, 3.05) is 0 Å². The maximum atomic E-state index is 5.04. The van der Waals surface area contributed by atoms with Gasteiger partial charge in [0.15, 0.2) is 5.96 Å². The first kappa shape index (κ1) is 13.9. The summed E-state index contributed by atoms with van der Waals surface area (Å²) in [5, 5.41) is 3.63. The van der Waals surface area contributed by atoms with Crippen molar-refractivity contribution in [2.24, 2.45) is 4.99 Å². The van der Waals surface area contributed by atoms with Crippen LogP contribution in [0.5, 0.6) is 0 Å². The van der Waals surface area contributed by atoms with E-state index >= 15 is 0 Å². The maximum absolute atomic E-state index is 5.04. The Morgan fingerprint density at radius 1 is 1.18 bits per heavy atom. The van der Waals surface area contributed by atoms with Gasteiger partial charge in [0.1, 0.15) is 0 Å². The molecule has 1 fully saturated rings. The van der Waals surface area contributed by atoms with Crippen LogP contribution in [0.15, 0.2) is 46.6 Å². The minimum absolute atomic E-state index is 0.351. The number of hydrogen-bond donors (Lipinski definition) is 1. The summed E-state index contributed by atoms with van der Waals surface area (Å²) in [5.74, 6) is 1.12. The van der Waals surface area contributed by atoms with Crippen LogP contribution in [0.1, 0.15) is 57.6 Å². The van der Waals surface area contributed by atoms with E-state index in [1.54, 1.807) is 0 Å². The molecule has 0 saturated heterocycles. The molecule has 116 valence electrons. The summed E-state index contributed by atoms with van der Waals surface area (Å²) in [6.45, 7) is 4.52. The molecule has 3 atom stereocenters. The van der Waals surface area contributed by atoms with Crippen LogP contribution >= 0.6 is 0 Å². The van der Waals surface area contributed by atoms with E-state index in [-0.39, 0.29) is 0 Å². The Bertz CT molecular complexity index is 617. The van der Waals surface area contributed by atoms with Gasteiger partial charge in [0, 0.05) is 5.70 Å². The molecule has 3 nitrogen and oxygen atoms in total. The molecule has 3 aliphatic rings. The maximum Gasteiger partial charge on any atom is 0.199 e. The summed E-state index contributed by atoms with van der Waals surface area (Å²) < 4.78 is 0. The molecule has 1 aromatic rings. The van der Waals surface area contributed by atoms with Crippen molar-refractivity contribution in [1.29, 1.82) is 0 Å². The van der Waals surface area contributed by atoms with Crippen molar-refractivity contribution in [2.45, 2.75) is 64.1 Å². The Kier molecular flexibility index (Phi) is 3.44. The van der Waals surface area contributed by atoms with Crippen LogP contribution in [0.4, 0.5) is 0 Å². The smallest absolute Gasteiger partial charge is 0.199 e. The number of fused-ring (bicyclic) bond motifs is 3. The van der Waals surface area contributed by atoms with Gasteiger partial charge in [-0.25, -0.2) is 4.99 Å². The summed E-state index contributed by atoms with van der Waals surface area (Å²) in [7, 11) is 0. The van der Waals surface area contributed by atoms with Gasteiger partial charge in [-0.2, -0.15) is 0 Å². The minimum Gasteiger partial charge on any atom is -0.330 e. The van der Waals surface area contributed by atoms with E-state index in [9.17, 15) is 0 Å². The first-order valence-corrected chi connectivity index (χ1v) is 8.67. The Hall–Kier alpha value is -1.77. The van der Waals surface area contributed by atoms with Crippen molar-refractivity contribution < 1.29 is 0 Å². The van der Waals surface area contributed by atoms with Crippen LogP contribution in [-0.2, 0) is 0 Å². The van der Waals surface area contributed by atoms with Crippen LogP contribution in [0, 0.1) is 0 Å². The highest BCUT2D eigenvalue weighted by Crippen LogP contribution is 2.42. The molecule has 4 rings (SSSR count). The largest absolute Gasteiger partial charge is 0.330 e. The lowest BCUT2D eigenvalue weighted by atomic mass is 9.87. The molecule has 3 heteroatoms. The van der Waals surface area contributed by atoms with E-state index in [1.165, 1.54) is 42.5 Å². The summed E-state index contributed by atoms with van der Waals surface area (Å²) in [6.07, 6.45) is 6.23. The molecule has 2 heterocycles. The number of allylic oxidation sites excluding steroid dienone is 1. The lowest BCUT2D eigenvalue weighted by Gasteiger charge is -2.43. The number of aliphatic imine (C=N–C) groups is 1. The number of benzene rings is 1. The molecule has 1 saturated carbocycles. The van der Waals surface area contributed by atoms with E-state index in [1.807, 2.05) is 0 Å². The molecule has 0 radical (unpaired) electrons. The second-order valence-corrected chi connectivity index (χ2v) is 6.73. The SMILES string of the molecule is CCC1=C(C)[C@@H](c2ccccc2)N2C(=N[C@@H]3CCCC[C@H]32)N1. The number of nitrogens with zero attached hydrogens (tertiary/aromatic N) is 2. The molecule has 0 bridgehead atoms. The fourth-order valence-electron chi connectivity index (χ4n) is 4.38. The quantitative estimate of drug-likeness (QED) is 0.893. The summed E-state index contributed by atoms with van der Waals surface area (Å²) in [5.41, 5.74) is 4.20. The predicted molar refractivity (Wildman–Crippen MR) is 90.6 cm³/mol. The van der Waals surface area contributed by atoms with Crippen LogP contribution < -0.4 is 5.32 Å². The Balaban J connectivity index is 1.80. The number of nitrogens with one attached hydrogen (secondary N) is 1. The topological polar surface area (TPSA) is 27.6 Å². The summed E-state index contributed by atoms with van der Waals surface area (Å²) in [6, 6.07) is 12.4. The van der Waals surface area contributed by atoms with Crippen LogP contribution in [0.25, 0.3) is 0 Å². The van der Waals surface area contributed by atoms with Gasteiger partial charge in [0.05, 0.1) is 18.1 Å². The monoisotopic (exact) mass is 295 g/mol. The van der Waals surface area contributed by atoms with Crippen LogP contribution in [-0.4, -0.2) is 22.9 Å². The van der Waals surface area contributed by atoms with Gasteiger partial charge in [-0.05, 0) is 37.3 Å². The molecule has 0 aromatic heterocycles. The van der Waals surface area contributed by atoms with E-state index < -0.39 is 0 Å². The van der Waals surface area contributed by atoms with Gasteiger partial charge in [-0.15, -0.1) is 0 Å². The second-order valence-electron chi connectivity index (χ2n) is 6.73. The standard InChI is InChI=1S/C19H25N3/c1-3-15-13(2)18(14-9-5-4-6-10-14)22-17-12-8-7-11-16(17)21-19(22)20-15/h4-6,9-10,16-18H,3,7-8,11-12H2,1-2H3,(H,20,21)/t16-,17-,18+/m1/s1. The third-order valence-electron chi connectivity index (χ3n) is 5.48. The van der Waals surface area contributed by atoms with Crippen molar-refractivity contribution in [3.63, 3.8) is 0 Å². The molecule has 0 spiro atoms. The third-order valence-corrected chi connectivity index (χ3v) is 5.48. The normalized spacial score (nSPS) is 30.5. The minimum atomic E-state index is 0.351. The molecule has 22 heavy (non-hydrogen) atoms. The van der Waals surface area contributed by atoms with Crippen LogP contribution in [0.2, 0.25) is 0 Å². The fraction of sp³-hybridized carbons (Fsp3) is 0.526. The Labute approximate surface area is 133 Å². The zero-order valence-electron chi connectivity index (χ0n) is 13.5. The lowest BCUT2D eigenvalue weighted by Crippen LogP contribution is -2.51. The summed E-state index contributed by atoms with van der Waals surface area (Å²) >= 11 is 0. The van der Waals surface area contributed by atoms with E-state index in [4.69, 9.17) is 4.99 Å². The molecule has 0 unspecified atom stereocenters. The third kappa shape index (κ3) is 2.06. The van der Waals surface area contributed by atoms with Gasteiger partial charge in [-0.1, -0.05) is 50.1 Å². The zero-order chi connectivity index (χ0) is 15.1. The predicted octanol–water partition coefficient (Wildman–Crippen LogP) is 4.00. The fourth-order valence-corrected chi connectivity index (χ4v) is 4.38. The molecule has 0 amide bonds. The van der Waals surface area contributed by atoms with Crippen LogP contribution in [0.3, 0.4) is 0 Å². The molecular formula is C19H25N3. The second kappa shape index (κ2) is 5.45. The summed E-state index contributed by atoms with van der Waals surface area (Å²) in [4.78, 5) is 7.61. The first-order valence-electron chi connectivity index (χ1n) is 8.67. The van der Waals surface area contributed by atoms with E-state index in [2.05, 4.69) is 54.4 Å². The lowest BCUT2D eigenvalue weighted by molar-refractivity contribution is 0.203. The van der Waals surface area contributed by atoms with Crippen molar-refractivity contribution >= 4 is 5.96 Å². The molecular weight excluding hydrogens is 270 g/mol. The van der Waals surface area contributed by atoms with Crippen molar-refractivity contribution in [3.05, 3.63) is 47.2 Å². The average Bonchev–Trinajstić information content (AvgIpc) is 2.93. The molecule has 1 N–H and O–H groups in total. The zero-order valence-corrected chi connectivity index (χ0v) is 13.5. The number of hydrogen-bond acceptors (Lipinski definition) is 3. The highest BCUT2D eigenvalue weighted by atomic mass is 15.4. The molecule has 2 aliphatic heterocycles. The van der Waals surface area contributed by atoms with Gasteiger partial charge in [0.25, 0.3) is 0 Å². The highest BCUT2D eigenvalue weighted by molar-refractivity contribution is 5.86. The first-order chi connectivity index (χ1) is 10.8. The Morgan fingerprint density at radius 2 is 1.95 bits per heavy atom. The van der Waals surface area contributed by atoms with Gasteiger partial charge >= 0.3 is 0 Å². The van der Waals surface area contributed by atoms with Gasteiger partial charge < -0.3 is 10.2 Å². The average molecular weight is 295 g/mol. The van der Waals surface area contributed by atoms with Gasteiger partial charge in [0.2, 0.25) is 0 Å². The highest BCUT2D eigenvalue weighted by Gasteiger charge is 2.44. The number of guanidine groups is 1. The van der Waals surface area contributed by atoms with Crippen molar-refractivity contribution in [1.82, 2.24) is 10.2 Å². The Morgan fingerprint density at radius 3 is 2.73 bits per heavy atom. The van der Waals surface area contributed by atoms with Crippen molar-refractivity contribution in [3.8, 4) is 0 Å². The number of rotatable bonds is 2. The van der Waals surface area contributed by atoms with E-state index in [0.29, 0.717) is 18.1 Å².